The van der Waals surface area contributed by atoms with E-state index in [1.807, 2.05) is 26.1 Å². The largest absolute Gasteiger partial charge is 0.313 e. The molecule has 1 aromatic rings. The third-order valence-electron chi connectivity index (χ3n) is 20.4. The van der Waals surface area contributed by atoms with Gasteiger partial charge in [-0.2, -0.15) is 0 Å². The van der Waals surface area contributed by atoms with Crippen LogP contribution in [0.15, 0.2) is 23.1 Å². The van der Waals surface area contributed by atoms with E-state index in [1.165, 1.54) is 130 Å². The van der Waals surface area contributed by atoms with Gasteiger partial charge in [-0.1, -0.05) is 55.4 Å². The summed E-state index contributed by atoms with van der Waals surface area (Å²) in [6.45, 7) is 70.5. The van der Waals surface area contributed by atoms with E-state index in [4.69, 9.17) is 0 Å². The zero-order valence-corrected chi connectivity index (χ0v) is 55.7. The van der Waals surface area contributed by atoms with Crippen molar-refractivity contribution in [2.24, 2.45) is 46.3 Å². The van der Waals surface area contributed by atoms with Gasteiger partial charge in [0, 0.05) is 144 Å². The minimum absolute atomic E-state index is 0.0983. The van der Waals surface area contributed by atoms with E-state index >= 15 is 0 Å². The van der Waals surface area contributed by atoms with Gasteiger partial charge in [-0.3, -0.25) is 34.2 Å². The minimum atomic E-state index is 0.0983. The lowest BCUT2D eigenvalue weighted by Crippen LogP contribution is -2.73. The van der Waals surface area contributed by atoms with Crippen LogP contribution in [0.4, 0.5) is 0 Å². The zero-order chi connectivity index (χ0) is 57.9. The highest BCUT2D eigenvalue weighted by atomic mass is 16.1. The second-order valence-electron chi connectivity index (χ2n) is 30.2. The van der Waals surface area contributed by atoms with E-state index in [2.05, 4.69) is 187 Å². The number of pyridine rings is 1. The summed E-state index contributed by atoms with van der Waals surface area (Å²) in [5, 5.41) is 0. The molecule has 2 bridgehead atoms. The fourth-order valence-electron chi connectivity index (χ4n) is 14.3. The topological polar surface area (TPSA) is 44.7 Å². The Kier molecular flexibility index (Phi) is 27.3. The minimum Gasteiger partial charge on any atom is -0.313 e. The third kappa shape index (κ3) is 19.9. The molecular formula is C68H132N8O. The summed E-state index contributed by atoms with van der Waals surface area (Å²) < 4.78 is 1.74. The average molecular weight is 1080 g/mol. The zero-order valence-electron chi connectivity index (χ0n) is 55.7. The molecule has 7 saturated heterocycles. The van der Waals surface area contributed by atoms with Crippen molar-refractivity contribution in [1.82, 2.24) is 38.9 Å². The molecule has 1 aliphatic carbocycles. The van der Waals surface area contributed by atoms with Gasteiger partial charge in [0.1, 0.15) is 0 Å². The summed E-state index contributed by atoms with van der Waals surface area (Å²) in [4.78, 5) is 29.8. The van der Waals surface area contributed by atoms with Crippen molar-refractivity contribution in [1.29, 1.82) is 0 Å². The lowest BCUT2D eigenvalue weighted by molar-refractivity contribution is -0.135. The number of fused-ring (bicyclic) bond motifs is 2. The smallest absolute Gasteiger partial charge is 0.251 e. The molecule has 1 aromatic heterocycles. The molecule has 2 unspecified atom stereocenters. The molecule has 8 heterocycles. The van der Waals surface area contributed by atoms with Crippen molar-refractivity contribution in [3.05, 3.63) is 34.2 Å². The second-order valence-corrected chi connectivity index (χ2v) is 30.2. The average Bonchev–Trinajstić information content (AvgIpc) is 3.56. The molecule has 0 amide bonds. The lowest BCUT2D eigenvalue weighted by atomic mass is 9.55. The fourth-order valence-corrected chi connectivity index (χ4v) is 14.3. The highest BCUT2D eigenvalue weighted by Gasteiger charge is 2.53. The molecule has 450 valence electrons. The van der Waals surface area contributed by atoms with E-state index < -0.39 is 0 Å². The van der Waals surface area contributed by atoms with E-state index in [0.717, 1.165) is 101 Å². The van der Waals surface area contributed by atoms with Crippen LogP contribution in [0.25, 0.3) is 0 Å². The van der Waals surface area contributed by atoms with E-state index in [-0.39, 0.29) is 11.6 Å². The number of piperidine rings is 2. The van der Waals surface area contributed by atoms with Crippen molar-refractivity contribution >= 4 is 0 Å². The van der Waals surface area contributed by atoms with Gasteiger partial charge in [0.25, 0.3) is 5.56 Å². The molecule has 8 fully saturated rings. The Hall–Kier alpha value is -1.33. The Bertz CT molecular complexity index is 1650. The van der Waals surface area contributed by atoms with Crippen molar-refractivity contribution < 1.29 is 0 Å². The molecule has 2 atom stereocenters. The molecule has 9 heteroatoms. The predicted molar refractivity (Wildman–Crippen MR) is 337 cm³/mol. The van der Waals surface area contributed by atoms with Crippen molar-refractivity contribution in [3.63, 3.8) is 0 Å². The van der Waals surface area contributed by atoms with Gasteiger partial charge in [0.2, 0.25) is 0 Å². The monoisotopic (exact) mass is 1080 g/mol. The molecule has 0 aromatic carbocycles. The van der Waals surface area contributed by atoms with Gasteiger partial charge in [-0.05, 0) is 234 Å². The van der Waals surface area contributed by atoms with Crippen LogP contribution in [-0.4, -0.2) is 172 Å². The van der Waals surface area contributed by atoms with Crippen LogP contribution in [-0.2, 0) is 0 Å². The van der Waals surface area contributed by atoms with Crippen LogP contribution in [0.5, 0.6) is 0 Å². The number of hydrogen-bond donors (Lipinski definition) is 0. The number of piperazine rings is 1. The van der Waals surface area contributed by atoms with E-state index in [9.17, 15) is 4.79 Å². The van der Waals surface area contributed by atoms with E-state index in [0.29, 0.717) is 11.3 Å². The van der Waals surface area contributed by atoms with Gasteiger partial charge in [-0.25, -0.2) is 0 Å². The molecule has 9 rings (SSSR count). The first kappa shape index (κ1) is 68.2. The van der Waals surface area contributed by atoms with Crippen LogP contribution in [0, 0.1) is 46.3 Å². The summed E-state index contributed by atoms with van der Waals surface area (Å²) in [5.74, 6) is 6.15. The van der Waals surface area contributed by atoms with Crippen molar-refractivity contribution in [2.75, 3.05) is 78.5 Å². The maximum atomic E-state index is 11.5. The molecule has 9 nitrogen and oxygen atoms in total. The normalized spacial score (nSPS) is 25.4. The third-order valence-corrected chi connectivity index (χ3v) is 20.4. The number of likely N-dealkylation sites (tertiary alicyclic amines) is 4. The molecular weight excluding hydrogens is 945 g/mol. The van der Waals surface area contributed by atoms with Crippen LogP contribution < -0.4 is 5.56 Å². The molecule has 7 aliphatic heterocycles. The summed E-state index contributed by atoms with van der Waals surface area (Å²) >= 11 is 0. The van der Waals surface area contributed by atoms with Gasteiger partial charge >= 0.3 is 0 Å². The standard InChI is InChI=1S/C13H25N.C12H23N.C11H22N2.C11H17NO.C11H23N.C10H22N2/c1-9(2)11-7-12-5-6-13(8-11)14(12)10(3)4;1-9(2)11-5-12(6-11)7-13(8-12)10(3)4;1-9(2)12-5-11(6-12)7-13(8-11)10(3)4;1-8(2)10-5-6-12(9(3)4)11(13)7-10;2*1-9(2)11-5-7-12(8-6-11)10(3)4/h9-13H,5-8H2,1-4H3;9-11H,5-8H2,1-4H3;9-10H,5-8H2,1-4H3;5-9H,1-4H3;9-11H,5-8H2,1-4H3;9-10H,5-8H2,1-4H3. The highest BCUT2D eigenvalue weighted by molar-refractivity contribution is 5.15. The van der Waals surface area contributed by atoms with Gasteiger partial charge in [0.05, 0.1) is 0 Å². The first-order valence-electron chi connectivity index (χ1n) is 32.8. The Morgan fingerprint density at radius 1 is 0.390 bits per heavy atom. The Morgan fingerprint density at radius 2 is 0.740 bits per heavy atom. The quantitative estimate of drug-likeness (QED) is 0.205. The second kappa shape index (κ2) is 30.8. The SMILES string of the molecule is CC(C)C1CC2(C1)CN(C(C)C)C2.CC(C)C1CC2CCC(C1)N2C(C)C.CC(C)C1CCN(C(C)C)CC1.CC(C)N1CC2(C1)CN(C(C)C)C2.CC(C)N1CCN(C(C)C)CC1.CC(C)c1ccn(C(C)C)c(=O)c1. The van der Waals surface area contributed by atoms with Crippen LogP contribution in [0.1, 0.15) is 235 Å². The summed E-state index contributed by atoms with van der Waals surface area (Å²) in [6, 6.07) is 11.0. The Labute approximate surface area is 479 Å². The van der Waals surface area contributed by atoms with Gasteiger partial charge in [-0.15, -0.1) is 0 Å². The number of rotatable bonds is 12. The molecule has 8 aliphatic rings. The Morgan fingerprint density at radius 3 is 1.04 bits per heavy atom. The number of nitrogens with zero attached hydrogens (tertiary/aromatic N) is 8. The predicted octanol–water partition coefficient (Wildman–Crippen LogP) is 14.2. The number of aromatic nitrogens is 1. The first-order chi connectivity index (χ1) is 35.9. The molecule has 2 spiro atoms. The van der Waals surface area contributed by atoms with E-state index in [1.54, 1.807) is 10.6 Å². The molecule has 1 saturated carbocycles. The Balaban J connectivity index is 0.000000200. The maximum absolute atomic E-state index is 11.5. The van der Waals surface area contributed by atoms with Crippen LogP contribution in [0.2, 0.25) is 0 Å². The lowest BCUT2D eigenvalue weighted by Gasteiger charge is -2.62. The van der Waals surface area contributed by atoms with Crippen LogP contribution >= 0.6 is 0 Å². The summed E-state index contributed by atoms with van der Waals surface area (Å²) in [6.07, 6.45) is 13.6. The first-order valence-corrected chi connectivity index (χ1v) is 32.8. The number of hydrogen-bond acceptors (Lipinski definition) is 8. The summed E-state index contributed by atoms with van der Waals surface area (Å²) in [7, 11) is 0. The molecule has 0 N–H and O–H groups in total. The molecule has 77 heavy (non-hydrogen) atoms. The molecule has 0 radical (unpaired) electrons. The highest BCUT2D eigenvalue weighted by Crippen LogP contribution is 2.54. The van der Waals surface area contributed by atoms with Crippen molar-refractivity contribution in [2.45, 2.75) is 284 Å². The fraction of sp³-hybridized carbons (Fsp3) is 0.926. The summed E-state index contributed by atoms with van der Waals surface area (Å²) in [5.41, 5.74) is 2.69. The van der Waals surface area contributed by atoms with Gasteiger partial charge in [0.15, 0.2) is 0 Å². The van der Waals surface area contributed by atoms with Crippen molar-refractivity contribution in [3.8, 4) is 0 Å². The van der Waals surface area contributed by atoms with Gasteiger partial charge < -0.3 is 9.47 Å². The maximum Gasteiger partial charge on any atom is 0.251 e. The van der Waals surface area contributed by atoms with Crippen LogP contribution in [0.3, 0.4) is 0 Å².